The molecule has 2 heterocycles. The van der Waals surface area contributed by atoms with Crippen LogP contribution in [0.1, 0.15) is 0 Å². The smallest absolute Gasteiger partial charge is 0.260 e. The van der Waals surface area contributed by atoms with Crippen molar-refractivity contribution in [2.45, 2.75) is 0 Å². The predicted octanol–water partition coefficient (Wildman–Crippen LogP) is 2.41. The molecule has 0 aliphatic carbocycles. The van der Waals surface area contributed by atoms with Gasteiger partial charge in [-0.25, -0.2) is 0 Å². The summed E-state index contributed by atoms with van der Waals surface area (Å²) in [6.45, 7) is 3.90. The number of para-hydroxylation sites is 1. The van der Waals surface area contributed by atoms with Crippen LogP contribution < -0.4 is 10.1 Å². The molecule has 0 aromatic heterocycles. The van der Waals surface area contributed by atoms with Gasteiger partial charge in [0.05, 0.1) is 0 Å². The molecule has 1 amide bonds. The molecule has 2 saturated heterocycles. The van der Waals surface area contributed by atoms with Crippen LogP contribution in [0.3, 0.4) is 0 Å². The zero-order chi connectivity index (χ0) is 16.4. The normalized spacial score (nSPS) is 22.4. The van der Waals surface area contributed by atoms with Crippen molar-refractivity contribution in [1.29, 1.82) is 0 Å². The molecule has 0 radical (unpaired) electrons. The highest BCUT2D eigenvalue weighted by Crippen LogP contribution is 2.30. The molecule has 0 saturated carbocycles. The van der Waals surface area contributed by atoms with E-state index in [9.17, 15) is 4.79 Å². The maximum atomic E-state index is 12.5. The molecular formula is C20H22N2O2. The number of benzene rings is 2. The summed E-state index contributed by atoms with van der Waals surface area (Å²) in [7, 11) is 0. The summed E-state index contributed by atoms with van der Waals surface area (Å²) in [5.41, 5.74) is 2.12. The van der Waals surface area contributed by atoms with E-state index < -0.39 is 0 Å². The summed E-state index contributed by atoms with van der Waals surface area (Å²) < 4.78 is 5.88. The Kier molecular flexibility index (Phi) is 4.22. The van der Waals surface area contributed by atoms with Crippen molar-refractivity contribution in [3.63, 3.8) is 0 Å². The number of carbonyl (C=O) groups is 1. The Bertz CT molecular complexity index is 705. The largest absolute Gasteiger partial charge is 0.483 e. The Morgan fingerprint density at radius 1 is 1.00 bits per heavy atom. The Balaban J connectivity index is 1.42. The van der Waals surface area contributed by atoms with Crippen molar-refractivity contribution in [2.75, 3.05) is 32.8 Å². The molecule has 0 unspecified atom stereocenters. The van der Waals surface area contributed by atoms with Gasteiger partial charge in [-0.15, -0.1) is 0 Å². The summed E-state index contributed by atoms with van der Waals surface area (Å²) in [6.07, 6.45) is 0. The number of nitrogens with zero attached hydrogens (tertiary/aromatic N) is 1. The fraction of sp³-hybridized carbons (Fsp3) is 0.350. The number of hydrogen-bond donors (Lipinski definition) is 1. The molecule has 1 N–H and O–H groups in total. The molecule has 2 atom stereocenters. The second-order valence-electron chi connectivity index (χ2n) is 6.63. The van der Waals surface area contributed by atoms with Crippen molar-refractivity contribution >= 4 is 5.91 Å². The van der Waals surface area contributed by atoms with E-state index in [1.165, 1.54) is 0 Å². The third kappa shape index (κ3) is 3.02. The molecule has 2 aromatic carbocycles. The molecule has 2 aromatic rings. The summed E-state index contributed by atoms with van der Waals surface area (Å²) in [6, 6.07) is 18.0. The standard InChI is InChI=1S/C20H22N2O2/c23-20(22-12-16-10-21-11-17(16)13-22)14-24-19-9-5-4-8-18(19)15-6-2-1-3-7-15/h1-9,16-17,21H,10-14H2/t16-,17+. The van der Waals surface area contributed by atoms with Crippen molar-refractivity contribution in [3.05, 3.63) is 54.6 Å². The highest BCUT2D eigenvalue weighted by molar-refractivity contribution is 5.79. The molecule has 2 fully saturated rings. The van der Waals surface area contributed by atoms with Crippen LogP contribution in [0.2, 0.25) is 0 Å². The van der Waals surface area contributed by atoms with Crippen LogP contribution in [-0.4, -0.2) is 43.6 Å². The van der Waals surface area contributed by atoms with Crippen molar-refractivity contribution < 1.29 is 9.53 Å². The lowest BCUT2D eigenvalue weighted by Gasteiger charge is -2.18. The SMILES string of the molecule is O=C(COc1ccccc1-c1ccccc1)N1C[C@H]2CNC[C@H]2C1. The Morgan fingerprint density at radius 3 is 2.42 bits per heavy atom. The first-order valence-corrected chi connectivity index (χ1v) is 8.57. The van der Waals surface area contributed by atoms with Crippen LogP contribution in [0.25, 0.3) is 11.1 Å². The lowest BCUT2D eigenvalue weighted by molar-refractivity contribution is -0.132. The molecule has 0 bridgehead atoms. The highest BCUT2D eigenvalue weighted by Gasteiger charge is 2.38. The van der Waals surface area contributed by atoms with E-state index in [2.05, 4.69) is 17.4 Å². The van der Waals surface area contributed by atoms with E-state index in [1.54, 1.807) is 0 Å². The van der Waals surface area contributed by atoms with Gasteiger partial charge in [-0.05, 0) is 23.5 Å². The number of ether oxygens (including phenoxy) is 1. The first-order valence-electron chi connectivity index (χ1n) is 8.57. The molecule has 4 nitrogen and oxygen atoms in total. The van der Waals surface area contributed by atoms with Gasteiger partial charge in [0.15, 0.2) is 6.61 Å². The van der Waals surface area contributed by atoms with Crippen molar-refractivity contribution in [2.24, 2.45) is 11.8 Å². The maximum absolute atomic E-state index is 12.5. The quantitative estimate of drug-likeness (QED) is 0.940. The van der Waals surface area contributed by atoms with Gasteiger partial charge in [-0.2, -0.15) is 0 Å². The van der Waals surface area contributed by atoms with Crippen molar-refractivity contribution in [1.82, 2.24) is 10.2 Å². The maximum Gasteiger partial charge on any atom is 0.260 e. The van der Waals surface area contributed by atoms with Gasteiger partial charge < -0.3 is 15.0 Å². The fourth-order valence-electron chi connectivity index (χ4n) is 3.74. The second kappa shape index (κ2) is 6.65. The Morgan fingerprint density at radius 2 is 1.67 bits per heavy atom. The first-order chi connectivity index (χ1) is 11.8. The number of nitrogens with one attached hydrogen (secondary N) is 1. The van der Waals surface area contributed by atoms with E-state index >= 15 is 0 Å². The molecule has 2 aliphatic heterocycles. The van der Waals surface area contributed by atoms with Crippen LogP contribution >= 0.6 is 0 Å². The van der Waals surface area contributed by atoms with Crippen LogP contribution in [0, 0.1) is 11.8 Å². The topological polar surface area (TPSA) is 41.6 Å². The fourth-order valence-corrected chi connectivity index (χ4v) is 3.74. The van der Waals surface area contributed by atoms with E-state index in [1.807, 2.05) is 47.4 Å². The van der Waals surface area contributed by atoms with Crippen LogP contribution in [0.4, 0.5) is 0 Å². The van der Waals surface area contributed by atoms with E-state index in [0.717, 1.165) is 43.1 Å². The van der Waals surface area contributed by atoms with Gasteiger partial charge in [0.25, 0.3) is 5.91 Å². The number of rotatable bonds is 4. The molecule has 4 rings (SSSR count). The third-order valence-electron chi connectivity index (χ3n) is 5.07. The lowest BCUT2D eigenvalue weighted by atomic mass is 10.0. The third-order valence-corrected chi connectivity index (χ3v) is 5.07. The summed E-state index contributed by atoms with van der Waals surface area (Å²) in [5.74, 6) is 2.08. The zero-order valence-corrected chi connectivity index (χ0v) is 13.7. The lowest BCUT2D eigenvalue weighted by Crippen LogP contribution is -2.35. The minimum Gasteiger partial charge on any atom is -0.483 e. The summed E-state index contributed by atoms with van der Waals surface area (Å²) >= 11 is 0. The second-order valence-corrected chi connectivity index (χ2v) is 6.63. The minimum atomic E-state index is 0.0901. The molecule has 4 heteroatoms. The van der Waals surface area contributed by atoms with Gasteiger partial charge in [0, 0.05) is 31.7 Å². The Labute approximate surface area is 142 Å². The molecular weight excluding hydrogens is 300 g/mol. The summed E-state index contributed by atoms with van der Waals surface area (Å²) in [5, 5.41) is 3.40. The number of fused-ring (bicyclic) bond motifs is 1. The predicted molar refractivity (Wildman–Crippen MR) is 93.8 cm³/mol. The van der Waals surface area contributed by atoms with Gasteiger partial charge >= 0.3 is 0 Å². The van der Waals surface area contributed by atoms with Gasteiger partial charge in [-0.1, -0.05) is 48.5 Å². The van der Waals surface area contributed by atoms with Crippen LogP contribution in [-0.2, 0) is 4.79 Å². The van der Waals surface area contributed by atoms with E-state index in [0.29, 0.717) is 11.8 Å². The zero-order valence-electron chi connectivity index (χ0n) is 13.7. The number of hydrogen-bond acceptors (Lipinski definition) is 3. The van der Waals surface area contributed by atoms with Crippen LogP contribution in [0.15, 0.2) is 54.6 Å². The van der Waals surface area contributed by atoms with E-state index in [-0.39, 0.29) is 12.5 Å². The average Bonchev–Trinajstić information content (AvgIpc) is 3.23. The van der Waals surface area contributed by atoms with Gasteiger partial charge in [0.2, 0.25) is 0 Å². The molecule has 0 spiro atoms. The average molecular weight is 322 g/mol. The first kappa shape index (κ1) is 15.2. The number of amides is 1. The van der Waals surface area contributed by atoms with Gasteiger partial charge in [0.1, 0.15) is 5.75 Å². The molecule has 2 aliphatic rings. The molecule has 24 heavy (non-hydrogen) atoms. The van der Waals surface area contributed by atoms with Crippen molar-refractivity contribution in [3.8, 4) is 16.9 Å². The summed E-state index contributed by atoms with van der Waals surface area (Å²) in [4.78, 5) is 14.4. The Hall–Kier alpha value is -2.33. The molecule has 124 valence electrons. The minimum absolute atomic E-state index is 0.0901. The number of carbonyl (C=O) groups excluding carboxylic acids is 1. The van der Waals surface area contributed by atoms with Crippen LogP contribution in [0.5, 0.6) is 5.75 Å². The number of likely N-dealkylation sites (tertiary alicyclic amines) is 1. The van der Waals surface area contributed by atoms with E-state index in [4.69, 9.17) is 4.74 Å². The van der Waals surface area contributed by atoms with Gasteiger partial charge in [-0.3, -0.25) is 4.79 Å². The monoisotopic (exact) mass is 322 g/mol. The highest BCUT2D eigenvalue weighted by atomic mass is 16.5.